The number of piperazine rings is 1. The molecular formula is C28H36N4O6S. The first-order valence-electron chi connectivity index (χ1n) is 12.9. The molecule has 1 heterocycles. The number of alkyl carbamates (subject to hydrolysis) is 1. The van der Waals surface area contributed by atoms with E-state index in [1.54, 1.807) is 35.2 Å². The molecule has 0 saturated carbocycles. The minimum atomic E-state index is -3.47. The van der Waals surface area contributed by atoms with E-state index in [9.17, 15) is 22.8 Å². The Balaban J connectivity index is 1.54. The highest BCUT2D eigenvalue weighted by molar-refractivity contribution is 7.91. The first-order valence-corrected chi connectivity index (χ1v) is 14.6. The predicted octanol–water partition coefficient (Wildman–Crippen LogP) is 2.33. The van der Waals surface area contributed by atoms with Crippen molar-refractivity contribution in [2.45, 2.75) is 36.8 Å². The fourth-order valence-electron chi connectivity index (χ4n) is 4.18. The molecule has 0 aromatic heterocycles. The topological polar surface area (TPSA) is 125 Å². The van der Waals surface area contributed by atoms with Crippen molar-refractivity contribution in [1.29, 1.82) is 0 Å². The lowest BCUT2D eigenvalue weighted by Gasteiger charge is -2.36. The number of sulfone groups is 1. The summed E-state index contributed by atoms with van der Waals surface area (Å²) in [5.41, 5.74) is 0.829. The summed E-state index contributed by atoms with van der Waals surface area (Å²) in [5, 5.41) is 5.39. The Labute approximate surface area is 229 Å². The van der Waals surface area contributed by atoms with Crippen molar-refractivity contribution in [3.05, 3.63) is 78.9 Å². The Hall–Kier alpha value is -3.70. The molecule has 1 saturated heterocycles. The van der Waals surface area contributed by atoms with Crippen LogP contribution in [0.5, 0.6) is 0 Å². The third kappa shape index (κ3) is 9.84. The van der Waals surface area contributed by atoms with E-state index in [-0.39, 0.29) is 29.2 Å². The van der Waals surface area contributed by atoms with Crippen LogP contribution in [0.2, 0.25) is 0 Å². The van der Waals surface area contributed by atoms with Crippen LogP contribution in [0.25, 0.3) is 0 Å². The van der Waals surface area contributed by atoms with Gasteiger partial charge in [0.2, 0.25) is 11.8 Å². The average Bonchev–Trinajstić information content (AvgIpc) is 2.96. The minimum absolute atomic E-state index is 0.0791. The van der Waals surface area contributed by atoms with Gasteiger partial charge in [0.15, 0.2) is 9.84 Å². The molecule has 11 heteroatoms. The van der Waals surface area contributed by atoms with Gasteiger partial charge in [0.1, 0.15) is 18.5 Å². The second kappa shape index (κ2) is 15.0. The molecule has 0 unspecified atom stereocenters. The highest BCUT2D eigenvalue weighted by Gasteiger charge is 2.30. The highest BCUT2D eigenvalue weighted by atomic mass is 32.2. The van der Waals surface area contributed by atoms with Crippen LogP contribution in [0.1, 0.15) is 24.8 Å². The van der Waals surface area contributed by atoms with Crippen molar-refractivity contribution in [1.82, 2.24) is 20.4 Å². The molecule has 3 rings (SSSR count). The van der Waals surface area contributed by atoms with Gasteiger partial charge in [0.05, 0.1) is 4.90 Å². The van der Waals surface area contributed by atoms with Crippen LogP contribution >= 0.6 is 0 Å². The number of hydrogen-bond acceptors (Lipinski definition) is 7. The van der Waals surface area contributed by atoms with E-state index < -0.39 is 22.0 Å². The summed E-state index contributed by atoms with van der Waals surface area (Å²) in [6, 6.07) is 16.7. The summed E-state index contributed by atoms with van der Waals surface area (Å²) in [7, 11) is -3.47. The molecule has 0 radical (unpaired) electrons. The van der Waals surface area contributed by atoms with Gasteiger partial charge in [-0.25, -0.2) is 13.2 Å². The maximum Gasteiger partial charge on any atom is 0.408 e. The van der Waals surface area contributed by atoms with Gasteiger partial charge in [0, 0.05) is 32.7 Å². The molecule has 2 aromatic rings. The van der Waals surface area contributed by atoms with Crippen molar-refractivity contribution >= 4 is 27.7 Å². The number of carbonyl (C=O) groups excluding carboxylic acids is 3. The van der Waals surface area contributed by atoms with Gasteiger partial charge in [-0.1, -0.05) is 55.1 Å². The Bertz CT molecular complexity index is 1200. The smallest absolute Gasteiger partial charge is 0.408 e. The SMILES string of the molecule is C=CC(=O)NCCCC[C@H](NC(=O)OCc1ccccc1)C(=O)N1CCN(CS(=O)(=O)c2ccccc2)CC1. The zero-order valence-corrected chi connectivity index (χ0v) is 22.8. The van der Waals surface area contributed by atoms with Crippen LogP contribution in [-0.2, 0) is 30.8 Å². The first-order chi connectivity index (χ1) is 18.8. The fourth-order valence-corrected chi connectivity index (χ4v) is 5.64. The van der Waals surface area contributed by atoms with Crippen LogP contribution in [0.3, 0.4) is 0 Å². The average molecular weight is 557 g/mol. The van der Waals surface area contributed by atoms with Crippen LogP contribution in [-0.4, -0.2) is 80.8 Å². The highest BCUT2D eigenvalue weighted by Crippen LogP contribution is 2.15. The van der Waals surface area contributed by atoms with Gasteiger partial charge in [-0.05, 0) is 43.0 Å². The fraction of sp³-hybridized carbons (Fsp3) is 0.393. The second-order valence-electron chi connectivity index (χ2n) is 9.25. The Morgan fingerprint density at radius 2 is 1.59 bits per heavy atom. The van der Waals surface area contributed by atoms with Gasteiger partial charge in [-0.3, -0.25) is 14.5 Å². The number of hydrogen-bond donors (Lipinski definition) is 2. The third-order valence-electron chi connectivity index (χ3n) is 6.35. The molecule has 39 heavy (non-hydrogen) atoms. The Morgan fingerprint density at radius 3 is 2.23 bits per heavy atom. The second-order valence-corrected chi connectivity index (χ2v) is 11.2. The van der Waals surface area contributed by atoms with E-state index in [1.165, 1.54) is 6.08 Å². The van der Waals surface area contributed by atoms with Crippen molar-refractivity contribution in [2.75, 3.05) is 38.6 Å². The maximum absolute atomic E-state index is 13.4. The number of ether oxygens (including phenoxy) is 1. The molecule has 10 nitrogen and oxygen atoms in total. The summed E-state index contributed by atoms with van der Waals surface area (Å²) < 4.78 is 30.8. The van der Waals surface area contributed by atoms with E-state index in [2.05, 4.69) is 17.2 Å². The quantitative estimate of drug-likeness (QED) is 0.287. The summed E-state index contributed by atoms with van der Waals surface area (Å²) in [4.78, 5) is 41.0. The molecular weight excluding hydrogens is 520 g/mol. The van der Waals surface area contributed by atoms with Crippen LogP contribution in [0, 0.1) is 0 Å². The van der Waals surface area contributed by atoms with Gasteiger partial charge >= 0.3 is 6.09 Å². The van der Waals surface area contributed by atoms with Gasteiger partial charge in [-0.15, -0.1) is 0 Å². The molecule has 1 fully saturated rings. The molecule has 0 aliphatic carbocycles. The molecule has 0 spiro atoms. The van der Waals surface area contributed by atoms with Crippen molar-refractivity contribution in [3.63, 3.8) is 0 Å². The third-order valence-corrected chi connectivity index (χ3v) is 8.04. The maximum atomic E-state index is 13.4. The standard InChI is InChI=1S/C28H36N4O6S/c1-2-26(33)29-16-10-9-15-25(30-28(35)38-21-23-11-5-3-6-12-23)27(34)32-19-17-31(18-20-32)22-39(36,37)24-13-7-4-8-14-24/h2-8,11-14,25H,1,9-10,15-22H2,(H,29,33)(H,30,35)/t25-/m0/s1. The predicted molar refractivity (Wildman–Crippen MR) is 147 cm³/mol. The summed E-state index contributed by atoms with van der Waals surface area (Å²) in [5.74, 6) is -0.632. The number of nitrogens with one attached hydrogen (secondary N) is 2. The lowest BCUT2D eigenvalue weighted by molar-refractivity contribution is -0.135. The molecule has 1 atom stereocenters. The monoisotopic (exact) mass is 556 g/mol. The molecule has 0 bridgehead atoms. The van der Waals surface area contributed by atoms with Gasteiger partial charge in [-0.2, -0.15) is 0 Å². The van der Waals surface area contributed by atoms with E-state index in [0.717, 1.165) is 5.56 Å². The number of benzene rings is 2. The van der Waals surface area contributed by atoms with Crippen molar-refractivity contribution < 1.29 is 27.5 Å². The van der Waals surface area contributed by atoms with E-state index in [4.69, 9.17) is 4.74 Å². The van der Waals surface area contributed by atoms with E-state index >= 15 is 0 Å². The van der Waals surface area contributed by atoms with Crippen LogP contribution in [0.15, 0.2) is 78.2 Å². The molecule has 3 amide bonds. The summed E-state index contributed by atoms with van der Waals surface area (Å²) in [6.07, 6.45) is 2.08. The Morgan fingerprint density at radius 1 is 0.949 bits per heavy atom. The molecule has 1 aliphatic rings. The number of carbonyl (C=O) groups is 3. The number of rotatable bonds is 13. The largest absolute Gasteiger partial charge is 0.445 e. The number of nitrogens with zero attached hydrogens (tertiary/aromatic N) is 2. The normalized spacial score (nSPS) is 14.7. The Kier molecular flexibility index (Phi) is 11.5. The number of amides is 3. The minimum Gasteiger partial charge on any atom is -0.445 e. The number of unbranched alkanes of at least 4 members (excludes halogenated alkanes) is 1. The zero-order chi connectivity index (χ0) is 28.1. The van der Waals surface area contributed by atoms with E-state index in [0.29, 0.717) is 52.0 Å². The molecule has 210 valence electrons. The van der Waals surface area contributed by atoms with Crippen LogP contribution in [0.4, 0.5) is 4.79 Å². The van der Waals surface area contributed by atoms with Gasteiger partial charge in [0.25, 0.3) is 0 Å². The van der Waals surface area contributed by atoms with Crippen molar-refractivity contribution in [3.8, 4) is 0 Å². The molecule has 1 aliphatic heterocycles. The van der Waals surface area contributed by atoms with E-state index in [1.807, 2.05) is 35.2 Å². The first kappa shape index (κ1) is 29.9. The zero-order valence-electron chi connectivity index (χ0n) is 22.0. The van der Waals surface area contributed by atoms with Crippen molar-refractivity contribution in [2.24, 2.45) is 0 Å². The molecule has 2 N–H and O–H groups in total. The summed E-state index contributed by atoms with van der Waals surface area (Å²) in [6.45, 7) is 5.41. The summed E-state index contributed by atoms with van der Waals surface area (Å²) >= 11 is 0. The lowest BCUT2D eigenvalue weighted by atomic mass is 10.1. The van der Waals surface area contributed by atoms with Gasteiger partial charge < -0.3 is 20.3 Å². The molecule has 2 aromatic carbocycles. The van der Waals surface area contributed by atoms with Crippen LogP contribution < -0.4 is 10.6 Å². The lowest BCUT2D eigenvalue weighted by Crippen LogP contribution is -2.55.